The van der Waals surface area contributed by atoms with Crippen LogP contribution in [0, 0.1) is 5.95 Å². The molecule has 0 spiro atoms. The van der Waals surface area contributed by atoms with Crippen molar-refractivity contribution in [3.63, 3.8) is 0 Å². The third kappa shape index (κ3) is 2.98. The minimum Gasteiger partial charge on any atom is -0.306 e. The summed E-state index contributed by atoms with van der Waals surface area (Å²) in [7, 11) is 0. The maximum Gasteiger partial charge on any atom is 0.401 e. The molecule has 1 atom stereocenters. The lowest BCUT2D eigenvalue weighted by Gasteiger charge is -2.28. The number of hydrogen-bond donors (Lipinski definition) is 1. The van der Waals surface area contributed by atoms with Gasteiger partial charge >= 0.3 is 12.2 Å². The molecule has 1 aliphatic heterocycles. The van der Waals surface area contributed by atoms with Crippen LogP contribution < -0.4 is 10.2 Å². The van der Waals surface area contributed by atoms with E-state index in [0.29, 0.717) is 4.52 Å². The Bertz CT molecular complexity index is 1150. The smallest absolute Gasteiger partial charge is 0.306 e. The minimum absolute atomic E-state index is 0.163. The van der Waals surface area contributed by atoms with Crippen LogP contribution in [0.4, 0.5) is 42.5 Å². The molecule has 0 aliphatic carbocycles. The van der Waals surface area contributed by atoms with E-state index in [0.717, 1.165) is 36.4 Å². The van der Waals surface area contributed by atoms with Crippen molar-refractivity contribution in [1.82, 2.24) is 24.8 Å². The minimum atomic E-state index is -4.82. The SMILES string of the molecule is C[C@@]1(C(F)(F)F)CN(C(=O)Nc2cnnc(C(F)F)c2)c2cnc3cc(F)nn3c21. The van der Waals surface area contributed by atoms with Crippen LogP contribution in [0.1, 0.15) is 24.7 Å². The second-order valence-electron chi connectivity index (χ2n) is 6.75. The molecule has 8 nitrogen and oxygen atoms in total. The second-order valence-corrected chi connectivity index (χ2v) is 6.75. The highest BCUT2D eigenvalue weighted by atomic mass is 19.4. The summed E-state index contributed by atoms with van der Waals surface area (Å²) in [6.45, 7) is -0.0127. The normalized spacial score (nSPS) is 18.9. The fraction of sp³-hybridized carbons (Fsp3) is 0.312. The molecule has 0 unspecified atom stereocenters. The highest BCUT2D eigenvalue weighted by molar-refractivity contribution is 6.03. The quantitative estimate of drug-likeness (QED) is 0.628. The van der Waals surface area contributed by atoms with Gasteiger partial charge in [-0.2, -0.15) is 22.7 Å². The maximum absolute atomic E-state index is 13.9. The number of carbonyl (C=O) groups excluding carboxylic acids is 1. The van der Waals surface area contributed by atoms with Gasteiger partial charge in [0.25, 0.3) is 6.43 Å². The Morgan fingerprint density at radius 3 is 2.67 bits per heavy atom. The maximum atomic E-state index is 13.9. The number of anilines is 2. The van der Waals surface area contributed by atoms with Crippen molar-refractivity contribution >= 4 is 23.1 Å². The van der Waals surface area contributed by atoms with Crippen LogP contribution in [0.15, 0.2) is 24.5 Å². The Labute approximate surface area is 163 Å². The van der Waals surface area contributed by atoms with E-state index in [9.17, 15) is 31.1 Å². The molecule has 3 aromatic heterocycles. The van der Waals surface area contributed by atoms with Gasteiger partial charge in [0.2, 0.25) is 5.95 Å². The van der Waals surface area contributed by atoms with Gasteiger partial charge in [0, 0.05) is 12.6 Å². The molecule has 0 fully saturated rings. The number of fused-ring (bicyclic) bond motifs is 3. The Balaban J connectivity index is 1.77. The van der Waals surface area contributed by atoms with E-state index in [1.54, 1.807) is 0 Å². The van der Waals surface area contributed by atoms with E-state index in [1.807, 2.05) is 0 Å². The number of rotatable bonds is 2. The Morgan fingerprint density at radius 2 is 2.00 bits per heavy atom. The van der Waals surface area contributed by atoms with E-state index in [2.05, 4.69) is 25.6 Å². The topological polar surface area (TPSA) is 88.3 Å². The van der Waals surface area contributed by atoms with Gasteiger partial charge in [-0.05, 0) is 13.0 Å². The number of halogens is 6. The van der Waals surface area contributed by atoms with Crippen molar-refractivity contribution < 1.29 is 31.1 Å². The molecule has 2 amide bonds. The van der Waals surface area contributed by atoms with Crippen molar-refractivity contribution in [1.29, 1.82) is 0 Å². The Morgan fingerprint density at radius 1 is 1.27 bits per heavy atom. The number of alkyl halides is 5. The monoisotopic (exact) mass is 431 g/mol. The Kier molecular flexibility index (Phi) is 4.32. The van der Waals surface area contributed by atoms with E-state index >= 15 is 0 Å². The number of urea groups is 1. The van der Waals surface area contributed by atoms with Gasteiger partial charge in [-0.25, -0.2) is 23.1 Å². The van der Waals surface area contributed by atoms with E-state index in [4.69, 9.17) is 0 Å². The first-order valence-electron chi connectivity index (χ1n) is 8.32. The third-order valence-corrected chi connectivity index (χ3v) is 4.74. The lowest BCUT2D eigenvalue weighted by molar-refractivity contribution is -0.181. The lowest BCUT2D eigenvalue weighted by Crippen LogP contribution is -2.46. The van der Waals surface area contributed by atoms with Gasteiger partial charge in [-0.3, -0.25) is 4.90 Å². The van der Waals surface area contributed by atoms with Gasteiger partial charge in [0.1, 0.15) is 11.1 Å². The zero-order valence-corrected chi connectivity index (χ0v) is 15.0. The number of amides is 2. The van der Waals surface area contributed by atoms with Crippen LogP contribution >= 0.6 is 0 Å². The Hall–Kier alpha value is -3.45. The first-order chi connectivity index (χ1) is 14.0. The van der Waals surface area contributed by atoms with Gasteiger partial charge in [-0.15, -0.1) is 10.2 Å². The molecule has 0 bridgehead atoms. The predicted molar refractivity (Wildman–Crippen MR) is 89.7 cm³/mol. The van der Waals surface area contributed by atoms with Crippen molar-refractivity contribution in [3.8, 4) is 0 Å². The number of nitrogens with one attached hydrogen (secondary N) is 1. The predicted octanol–water partition coefficient (Wildman–Crippen LogP) is 3.47. The third-order valence-electron chi connectivity index (χ3n) is 4.74. The summed E-state index contributed by atoms with van der Waals surface area (Å²) in [6, 6.07) is 0.653. The molecular formula is C16H11F6N7O. The second kappa shape index (κ2) is 6.53. The van der Waals surface area contributed by atoms with Crippen molar-refractivity contribution in [2.24, 2.45) is 0 Å². The largest absolute Gasteiger partial charge is 0.401 e. The summed E-state index contributed by atoms with van der Waals surface area (Å²) in [4.78, 5) is 17.3. The number of nitrogens with zero attached hydrogens (tertiary/aromatic N) is 6. The first-order valence-corrected chi connectivity index (χ1v) is 8.32. The van der Waals surface area contributed by atoms with Gasteiger partial charge in [0.05, 0.1) is 29.5 Å². The molecular weight excluding hydrogens is 420 g/mol. The molecule has 1 N–H and O–H groups in total. The van der Waals surface area contributed by atoms with Crippen LogP contribution in [-0.4, -0.2) is 43.5 Å². The summed E-state index contributed by atoms with van der Waals surface area (Å²) in [5.74, 6) is -1.04. The molecule has 0 saturated heterocycles. The zero-order valence-electron chi connectivity index (χ0n) is 15.0. The molecule has 4 rings (SSSR count). The van der Waals surface area contributed by atoms with Gasteiger partial charge < -0.3 is 5.32 Å². The fourth-order valence-corrected chi connectivity index (χ4v) is 3.24. The highest BCUT2D eigenvalue weighted by Gasteiger charge is 2.60. The standard InChI is InChI=1S/C16H11F6N7O/c1-15(16(20,21)22)6-28(9-5-23-11-3-10(17)27-29(11)12(9)15)14(30)25-7-2-8(13(18)19)26-24-4-7/h2-5,13H,6H2,1H3,(H,25,26,30)/t15-/m1/s1. The van der Waals surface area contributed by atoms with Crippen LogP contribution in [0.5, 0.6) is 0 Å². The van der Waals surface area contributed by atoms with E-state index < -0.39 is 47.9 Å². The number of hydrogen-bond acceptors (Lipinski definition) is 5. The fourth-order valence-electron chi connectivity index (χ4n) is 3.24. The molecule has 3 aromatic rings. The summed E-state index contributed by atoms with van der Waals surface area (Å²) in [5, 5.41) is 12.2. The highest BCUT2D eigenvalue weighted by Crippen LogP contribution is 2.49. The molecule has 1 aliphatic rings. The molecule has 0 radical (unpaired) electrons. The van der Waals surface area contributed by atoms with Crippen LogP contribution in [-0.2, 0) is 5.41 Å². The molecule has 0 aromatic carbocycles. The number of carbonyl (C=O) groups is 1. The van der Waals surface area contributed by atoms with Gasteiger partial charge in [0.15, 0.2) is 5.65 Å². The van der Waals surface area contributed by atoms with E-state index in [1.165, 1.54) is 0 Å². The van der Waals surface area contributed by atoms with E-state index in [-0.39, 0.29) is 17.0 Å². The summed E-state index contributed by atoms with van der Waals surface area (Å²) in [5.41, 5.74) is -4.39. The lowest BCUT2D eigenvalue weighted by atomic mass is 9.88. The molecule has 158 valence electrons. The molecule has 14 heteroatoms. The molecule has 30 heavy (non-hydrogen) atoms. The molecule has 0 saturated carbocycles. The van der Waals surface area contributed by atoms with Crippen LogP contribution in [0.2, 0.25) is 0 Å². The summed E-state index contributed by atoms with van der Waals surface area (Å²) in [6.07, 6.45) is -5.82. The summed E-state index contributed by atoms with van der Waals surface area (Å²) >= 11 is 0. The molecule has 4 heterocycles. The van der Waals surface area contributed by atoms with Gasteiger partial charge in [-0.1, -0.05) is 0 Å². The van der Waals surface area contributed by atoms with Crippen LogP contribution in [0.25, 0.3) is 5.65 Å². The average Bonchev–Trinajstić information content (AvgIpc) is 3.19. The number of aromatic nitrogens is 5. The van der Waals surface area contributed by atoms with Crippen molar-refractivity contribution in [3.05, 3.63) is 41.9 Å². The summed E-state index contributed by atoms with van der Waals surface area (Å²) < 4.78 is 81.6. The first kappa shape index (κ1) is 19.8. The van der Waals surface area contributed by atoms with Crippen molar-refractivity contribution in [2.45, 2.75) is 24.9 Å². The van der Waals surface area contributed by atoms with Crippen molar-refractivity contribution in [2.75, 3.05) is 16.8 Å². The average molecular weight is 431 g/mol. The zero-order chi connectivity index (χ0) is 21.8. The van der Waals surface area contributed by atoms with Crippen LogP contribution in [0.3, 0.4) is 0 Å².